The lowest BCUT2D eigenvalue weighted by atomic mass is 9.84. The van der Waals surface area contributed by atoms with E-state index in [0.29, 0.717) is 4.75 Å². The van der Waals surface area contributed by atoms with Crippen LogP contribution in [0, 0.1) is 6.92 Å². The molecular weight excluding hydrogens is 262 g/mol. The maximum Gasteiger partial charge on any atom is 0.194 e. The first-order chi connectivity index (χ1) is 8.74. The lowest BCUT2D eigenvalue weighted by molar-refractivity contribution is 0.345. The Kier molecular flexibility index (Phi) is 3.38. The number of nitrogens with one attached hydrogen (secondary N) is 1. The molecule has 2 aromatic heterocycles. The van der Waals surface area contributed by atoms with Gasteiger partial charge < -0.3 is 5.32 Å². The summed E-state index contributed by atoms with van der Waals surface area (Å²) in [7, 11) is 0. The Morgan fingerprint density at radius 3 is 3.06 bits per heavy atom. The first-order valence-corrected chi connectivity index (χ1v) is 8.51. The smallest absolute Gasteiger partial charge is 0.194 e. The molecule has 0 unspecified atom stereocenters. The maximum absolute atomic E-state index is 4.58. The van der Waals surface area contributed by atoms with Crippen molar-refractivity contribution in [3.05, 3.63) is 23.0 Å². The largest absolute Gasteiger partial charge is 0.310 e. The number of fused-ring (bicyclic) bond motifs is 1. The number of hydrogen-bond donors (Lipinski definition) is 1. The van der Waals surface area contributed by atoms with Crippen molar-refractivity contribution in [3.63, 3.8) is 0 Å². The fourth-order valence-electron chi connectivity index (χ4n) is 2.59. The van der Waals surface area contributed by atoms with Crippen LogP contribution in [0.15, 0.2) is 11.6 Å². The molecule has 0 aromatic carbocycles. The van der Waals surface area contributed by atoms with Crippen molar-refractivity contribution in [1.29, 1.82) is 0 Å². The minimum Gasteiger partial charge on any atom is -0.310 e. The summed E-state index contributed by atoms with van der Waals surface area (Å²) in [6.07, 6.45) is 8.47. The summed E-state index contributed by atoms with van der Waals surface area (Å²) in [5.41, 5.74) is 2.46. The second-order valence-electron chi connectivity index (χ2n) is 5.04. The summed E-state index contributed by atoms with van der Waals surface area (Å²) in [5.74, 6) is 0. The van der Waals surface area contributed by atoms with E-state index < -0.39 is 0 Å². The van der Waals surface area contributed by atoms with Crippen molar-refractivity contribution >= 4 is 28.1 Å². The molecule has 3 rings (SSSR count). The van der Waals surface area contributed by atoms with Gasteiger partial charge in [-0.25, -0.2) is 4.98 Å². The van der Waals surface area contributed by atoms with Crippen LogP contribution in [0.2, 0.25) is 0 Å². The predicted molar refractivity (Wildman–Crippen MR) is 79.6 cm³/mol. The van der Waals surface area contributed by atoms with Gasteiger partial charge in [0.15, 0.2) is 4.96 Å². The molecule has 1 saturated carbocycles. The molecule has 18 heavy (non-hydrogen) atoms. The van der Waals surface area contributed by atoms with Crippen LogP contribution in [-0.2, 0) is 6.54 Å². The second-order valence-corrected chi connectivity index (χ2v) is 7.19. The molecule has 2 aromatic rings. The number of aromatic nitrogens is 2. The summed E-state index contributed by atoms with van der Waals surface area (Å²) in [5, 5.41) is 5.73. The number of thioether (sulfide) groups is 1. The van der Waals surface area contributed by atoms with E-state index in [1.54, 1.807) is 11.3 Å². The Morgan fingerprint density at radius 1 is 1.56 bits per heavy atom. The molecule has 1 fully saturated rings. The van der Waals surface area contributed by atoms with Crippen LogP contribution in [-0.4, -0.2) is 26.9 Å². The number of hydrogen-bond acceptors (Lipinski definition) is 4. The van der Waals surface area contributed by atoms with Crippen LogP contribution >= 0.6 is 23.1 Å². The van der Waals surface area contributed by atoms with Crippen LogP contribution in [0.1, 0.15) is 30.7 Å². The topological polar surface area (TPSA) is 29.3 Å². The highest BCUT2D eigenvalue weighted by atomic mass is 32.2. The molecule has 0 aliphatic heterocycles. The number of rotatable bonds is 5. The Labute approximate surface area is 116 Å². The number of imidazole rings is 1. The Hall–Kier alpha value is -0.520. The second kappa shape index (κ2) is 4.87. The normalized spacial score (nSPS) is 18.1. The van der Waals surface area contributed by atoms with Gasteiger partial charge in [-0.05, 0) is 26.0 Å². The monoisotopic (exact) mass is 281 g/mol. The number of nitrogens with zero attached hydrogens (tertiary/aromatic N) is 2. The Morgan fingerprint density at radius 2 is 2.39 bits per heavy atom. The van der Waals surface area contributed by atoms with E-state index >= 15 is 0 Å². The molecule has 5 heteroatoms. The maximum atomic E-state index is 4.58. The van der Waals surface area contributed by atoms with E-state index in [9.17, 15) is 0 Å². The van der Waals surface area contributed by atoms with Crippen molar-refractivity contribution in [2.24, 2.45) is 0 Å². The highest BCUT2D eigenvalue weighted by Crippen LogP contribution is 2.42. The lowest BCUT2D eigenvalue weighted by Crippen LogP contribution is -2.43. The molecule has 0 saturated heterocycles. The fourth-order valence-corrected chi connectivity index (χ4v) is 4.31. The summed E-state index contributed by atoms with van der Waals surface area (Å²) in [6, 6.07) is 0. The van der Waals surface area contributed by atoms with Gasteiger partial charge in [0.2, 0.25) is 0 Å². The molecule has 1 aliphatic rings. The van der Waals surface area contributed by atoms with Crippen LogP contribution in [0.3, 0.4) is 0 Å². The van der Waals surface area contributed by atoms with Crippen molar-refractivity contribution in [2.45, 2.75) is 37.5 Å². The van der Waals surface area contributed by atoms with Crippen molar-refractivity contribution in [1.82, 2.24) is 14.7 Å². The molecular formula is C13H19N3S2. The highest BCUT2D eigenvalue weighted by Gasteiger charge is 2.35. The van der Waals surface area contributed by atoms with Gasteiger partial charge in [0.1, 0.15) is 0 Å². The van der Waals surface area contributed by atoms with Gasteiger partial charge in [-0.15, -0.1) is 11.3 Å². The number of aryl methyl sites for hydroxylation is 1. The molecule has 0 bridgehead atoms. The first-order valence-electron chi connectivity index (χ1n) is 6.41. The first kappa shape index (κ1) is 12.5. The van der Waals surface area contributed by atoms with Crippen molar-refractivity contribution < 1.29 is 0 Å². The molecule has 1 N–H and O–H groups in total. The minimum atomic E-state index is 0.506. The summed E-state index contributed by atoms with van der Waals surface area (Å²) >= 11 is 3.72. The third-order valence-corrected chi connectivity index (χ3v) is 6.17. The molecule has 0 atom stereocenters. The average molecular weight is 281 g/mol. The van der Waals surface area contributed by atoms with E-state index in [4.69, 9.17) is 0 Å². The van der Waals surface area contributed by atoms with Gasteiger partial charge in [-0.1, -0.05) is 6.42 Å². The van der Waals surface area contributed by atoms with Crippen molar-refractivity contribution in [2.75, 3.05) is 12.8 Å². The van der Waals surface area contributed by atoms with E-state index in [-0.39, 0.29) is 0 Å². The molecule has 0 amide bonds. The SMILES string of the molecule is CSC1(CNCc2c(C)nc3sccn23)CCC1. The molecule has 1 aliphatic carbocycles. The third-order valence-electron chi connectivity index (χ3n) is 4.00. The molecule has 0 spiro atoms. The van der Waals surface area contributed by atoms with E-state index in [1.165, 1.54) is 25.0 Å². The van der Waals surface area contributed by atoms with Gasteiger partial charge in [-0.3, -0.25) is 4.40 Å². The summed E-state index contributed by atoms with van der Waals surface area (Å²) in [4.78, 5) is 5.68. The minimum absolute atomic E-state index is 0.506. The van der Waals surface area contributed by atoms with Crippen LogP contribution in [0.4, 0.5) is 0 Å². The van der Waals surface area contributed by atoms with Gasteiger partial charge in [0.05, 0.1) is 11.4 Å². The van der Waals surface area contributed by atoms with Gasteiger partial charge in [-0.2, -0.15) is 11.8 Å². The zero-order valence-electron chi connectivity index (χ0n) is 10.9. The van der Waals surface area contributed by atoms with E-state index in [0.717, 1.165) is 23.7 Å². The Balaban J connectivity index is 1.66. The molecule has 98 valence electrons. The summed E-state index contributed by atoms with van der Waals surface area (Å²) in [6.45, 7) is 4.14. The number of thiazole rings is 1. The van der Waals surface area contributed by atoms with Gasteiger partial charge >= 0.3 is 0 Å². The molecule has 2 heterocycles. The zero-order valence-corrected chi connectivity index (χ0v) is 12.5. The van der Waals surface area contributed by atoms with Crippen LogP contribution < -0.4 is 5.32 Å². The predicted octanol–water partition coefficient (Wildman–Crippen LogP) is 3.08. The lowest BCUT2D eigenvalue weighted by Gasteiger charge is -2.40. The van der Waals surface area contributed by atoms with Crippen molar-refractivity contribution in [3.8, 4) is 0 Å². The standard InChI is InChI=1S/C13H19N3S2/c1-10-11(16-6-7-18-12(16)15-10)8-14-9-13(17-2)4-3-5-13/h6-7,14H,3-5,8-9H2,1-2H3. The molecule has 0 radical (unpaired) electrons. The average Bonchev–Trinajstić information content (AvgIpc) is 2.85. The van der Waals surface area contributed by atoms with Gasteiger partial charge in [0.25, 0.3) is 0 Å². The fraction of sp³-hybridized carbons (Fsp3) is 0.615. The van der Waals surface area contributed by atoms with Gasteiger partial charge in [0, 0.05) is 29.4 Å². The van der Waals surface area contributed by atoms with E-state index in [2.05, 4.69) is 39.5 Å². The Bertz CT molecular complexity index is 534. The van der Waals surface area contributed by atoms with E-state index in [1.807, 2.05) is 11.8 Å². The van der Waals surface area contributed by atoms with Crippen LogP contribution in [0.5, 0.6) is 0 Å². The zero-order chi connectivity index (χ0) is 12.6. The third kappa shape index (κ3) is 2.08. The molecule has 3 nitrogen and oxygen atoms in total. The summed E-state index contributed by atoms with van der Waals surface area (Å²) < 4.78 is 2.71. The highest BCUT2D eigenvalue weighted by molar-refractivity contribution is 8.00. The van der Waals surface area contributed by atoms with Crippen LogP contribution in [0.25, 0.3) is 4.96 Å². The quantitative estimate of drug-likeness (QED) is 0.913.